The van der Waals surface area contributed by atoms with Gasteiger partial charge in [0.2, 0.25) is 0 Å². The van der Waals surface area contributed by atoms with Crippen molar-refractivity contribution in [2.24, 2.45) is 0 Å². The predicted octanol–water partition coefficient (Wildman–Crippen LogP) is 2.45. The number of aromatic nitrogens is 2. The van der Waals surface area contributed by atoms with Crippen LogP contribution in [-0.2, 0) is 0 Å². The molecule has 6 nitrogen and oxygen atoms in total. The smallest absolute Gasteiger partial charge is 0.182 e. The number of nitriles is 1. The molecule has 0 fully saturated rings. The van der Waals surface area contributed by atoms with Gasteiger partial charge in [-0.05, 0) is 31.2 Å². The van der Waals surface area contributed by atoms with Crippen LogP contribution in [0.1, 0.15) is 5.82 Å². The Morgan fingerprint density at radius 3 is 2.55 bits per heavy atom. The number of nitrogens with one attached hydrogen (secondary N) is 1. The molecule has 0 aliphatic carbocycles. The van der Waals surface area contributed by atoms with Gasteiger partial charge in [-0.1, -0.05) is 0 Å². The Morgan fingerprint density at radius 2 is 1.95 bits per heavy atom. The summed E-state index contributed by atoms with van der Waals surface area (Å²) in [5.41, 5.74) is 0.965. The second kappa shape index (κ2) is 5.89. The molecule has 1 heterocycles. The number of anilines is 3. The van der Waals surface area contributed by atoms with Crippen molar-refractivity contribution in [3.05, 3.63) is 36.2 Å². The number of hydrogen-bond acceptors (Lipinski definition) is 6. The van der Waals surface area contributed by atoms with Crippen molar-refractivity contribution < 1.29 is 4.74 Å². The molecule has 1 aromatic heterocycles. The lowest BCUT2D eigenvalue weighted by atomic mass is 10.3. The maximum atomic E-state index is 8.67. The summed E-state index contributed by atoms with van der Waals surface area (Å²) >= 11 is 0. The molecule has 0 atom stereocenters. The van der Waals surface area contributed by atoms with E-state index in [4.69, 9.17) is 10.00 Å². The van der Waals surface area contributed by atoms with Crippen LogP contribution < -0.4 is 15.0 Å². The van der Waals surface area contributed by atoms with E-state index in [0.717, 1.165) is 11.4 Å². The number of ether oxygens (including phenoxy) is 1. The molecule has 1 N–H and O–H groups in total. The first kappa shape index (κ1) is 13.6. The second-order valence-corrected chi connectivity index (χ2v) is 4.15. The molecule has 2 aromatic rings. The highest BCUT2D eigenvalue weighted by atomic mass is 16.5. The zero-order chi connectivity index (χ0) is 14.5. The average molecular weight is 269 g/mol. The summed E-state index contributed by atoms with van der Waals surface area (Å²) < 4.78 is 5.13. The lowest BCUT2D eigenvalue weighted by molar-refractivity contribution is 0.415. The standard InChI is InChI=1S/C14H15N5O/c1-10-17-13(16-9-15)8-14(18-10)19(2)11-4-6-12(20-3)7-5-11/h4-8H,1-3H3,(H,16,17,18). The molecule has 6 heteroatoms. The van der Waals surface area contributed by atoms with Gasteiger partial charge in [0, 0.05) is 18.8 Å². The molecule has 0 saturated carbocycles. The fourth-order valence-electron chi connectivity index (χ4n) is 1.78. The third-order valence-electron chi connectivity index (χ3n) is 2.81. The van der Waals surface area contributed by atoms with Crippen LogP contribution in [0.2, 0.25) is 0 Å². The summed E-state index contributed by atoms with van der Waals surface area (Å²) in [6.07, 6.45) is 1.86. The molecule has 102 valence electrons. The van der Waals surface area contributed by atoms with E-state index < -0.39 is 0 Å². The Balaban J connectivity index is 2.31. The molecule has 2 rings (SSSR count). The summed E-state index contributed by atoms with van der Waals surface area (Å²) in [6, 6.07) is 9.37. The van der Waals surface area contributed by atoms with Crippen LogP contribution in [0.4, 0.5) is 17.3 Å². The van der Waals surface area contributed by atoms with E-state index >= 15 is 0 Å². The summed E-state index contributed by atoms with van der Waals surface area (Å²) in [4.78, 5) is 10.4. The van der Waals surface area contributed by atoms with Crippen molar-refractivity contribution >= 4 is 17.3 Å². The first-order valence-electron chi connectivity index (χ1n) is 6.02. The first-order valence-corrected chi connectivity index (χ1v) is 6.02. The molecular formula is C14H15N5O. The Hall–Kier alpha value is -2.81. The number of methoxy groups -OCH3 is 1. The topological polar surface area (TPSA) is 74.1 Å². The molecule has 1 aromatic carbocycles. The number of benzene rings is 1. The van der Waals surface area contributed by atoms with E-state index in [2.05, 4.69) is 15.3 Å². The predicted molar refractivity (Wildman–Crippen MR) is 77.1 cm³/mol. The Morgan fingerprint density at radius 1 is 1.25 bits per heavy atom. The van der Waals surface area contributed by atoms with Gasteiger partial charge < -0.3 is 9.64 Å². The molecule has 0 aliphatic rings. The van der Waals surface area contributed by atoms with Gasteiger partial charge in [0.1, 0.15) is 23.2 Å². The highest BCUT2D eigenvalue weighted by Crippen LogP contribution is 2.25. The SMILES string of the molecule is COc1ccc(N(C)c2cc(NC#N)nc(C)n2)cc1. The summed E-state index contributed by atoms with van der Waals surface area (Å²) in [5.74, 6) is 2.59. The quantitative estimate of drug-likeness (QED) is 0.679. The summed E-state index contributed by atoms with van der Waals surface area (Å²) in [5, 5.41) is 11.2. The molecule has 0 radical (unpaired) electrons. The van der Waals surface area contributed by atoms with Crippen LogP contribution in [-0.4, -0.2) is 24.1 Å². The maximum absolute atomic E-state index is 8.67. The van der Waals surface area contributed by atoms with E-state index in [1.54, 1.807) is 20.1 Å². The monoisotopic (exact) mass is 269 g/mol. The maximum Gasteiger partial charge on any atom is 0.182 e. The lowest BCUT2D eigenvalue weighted by Crippen LogP contribution is -2.12. The highest BCUT2D eigenvalue weighted by molar-refractivity contribution is 5.62. The zero-order valence-corrected chi connectivity index (χ0v) is 11.6. The van der Waals surface area contributed by atoms with Crippen LogP contribution in [0, 0.1) is 18.4 Å². The van der Waals surface area contributed by atoms with Crippen molar-refractivity contribution in [2.75, 3.05) is 24.4 Å². The van der Waals surface area contributed by atoms with Gasteiger partial charge in [-0.2, -0.15) is 5.26 Å². The fourth-order valence-corrected chi connectivity index (χ4v) is 1.78. The van der Waals surface area contributed by atoms with Crippen molar-refractivity contribution in [2.45, 2.75) is 6.92 Å². The number of aryl methyl sites for hydroxylation is 1. The van der Waals surface area contributed by atoms with E-state index in [1.165, 1.54) is 0 Å². The van der Waals surface area contributed by atoms with Gasteiger partial charge in [0.15, 0.2) is 6.19 Å². The van der Waals surface area contributed by atoms with Crippen LogP contribution in [0.3, 0.4) is 0 Å². The zero-order valence-electron chi connectivity index (χ0n) is 11.6. The van der Waals surface area contributed by atoms with Crippen LogP contribution in [0.5, 0.6) is 5.75 Å². The van der Waals surface area contributed by atoms with Crippen LogP contribution in [0.15, 0.2) is 30.3 Å². The van der Waals surface area contributed by atoms with Gasteiger partial charge in [0.25, 0.3) is 0 Å². The third kappa shape index (κ3) is 2.95. The Kier molecular flexibility index (Phi) is 4.01. The minimum absolute atomic E-state index is 0.482. The minimum Gasteiger partial charge on any atom is -0.497 e. The van der Waals surface area contributed by atoms with Gasteiger partial charge in [-0.3, -0.25) is 5.32 Å². The van der Waals surface area contributed by atoms with Crippen LogP contribution >= 0.6 is 0 Å². The number of nitrogens with zero attached hydrogens (tertiary/aromatic N) is 4. The number of rotatable bonds is 4. The van der Waals surface area contributed by atoms with Crippen molar-refractivity contribution in [3.63, 3.8) is 0 Å². The number of hydrogen-bond donors (Lipinski definition) is 1. The molecule has 0 aliphatic heterocycles. The van der Waals surface area contributed by atoms with E-state index in [-0.39, 0.29) is 0 Å². The van der Waals surface area contributed by atoms with E-state index in [1.807, 2.05) is 42.4 Å². The fraction of sp³-hybridized carbons (Fsp3) is 0.214. The Labute approximate surface area is 117 Å². The molecule has 0 unspecified atom stereocenters. The second-order valence-electron chi connectivity index (χ2n) is 4.15. The molecular weight excluding hydrogens is 254 g/mol. The van der Waals surface area contributed by atoms with Crippen molar-refractivity contribution in [1.29, 1.82) is 5.26 Å². The van der Waals surface area contributed by atoms with Crippen LogP contribution in [0.25, 0.3) is 0 Å². The lowest BCUT2D eigenvalue weighted by Gasteiger charge is -2.19. The van der Waals surface area contributed by atoms with Gasteiger partial charge in [-0.25, -0.2) is 9.97 Å². The molecule has 20 heavy (non-hydrogen) atoms. The molecule has 0 spiro atoms. The minimum atomic E-state index is 0.482. The first-order chi connectivity index (χ1) is 9.63. The highest BCUT2D eigenvalue weighted by Gasteiger charge is 2.08. The van der Waals surface area contributed by atoms with Crippen molar-refractivity contribution in [1.82, 2.24) is 9.97 Å². The summed E-state index contributed by atoms with van der Waals surface area (Å²) in [7, 11) is 3.53. The van der Waals surface area contributed by atoms with Gasteiger partial charge >= 0.3 is 0 Å². The Bertz CT molecular complexity index is 633. The molecule has 0 bridgehead atoms. The largest absolute Gasteiger partial charge is 0.497 e. The molecule has 0 amide bonds. The normalized spacial score (nSPS) is 9.70. The summed E-state index contributed by atoms with van der Waals surface area (Å²) in [6.45, 7) is 1.79. The van der Waals surface area contributed by atoms with Crippen molar-refractivity contribution in [3.8, 4) is 11.9 Å². The van der Waals surface area contributed by atoms with E-state index in [9.17, 15) is 0 Å². The molecule has 0 saturated heterocycles. The third-order valence-corrected chi connectivity index (χ3v) is 2.81. The van der Waals surface area contributed by atoms with Gasteiger partial charge in [0.05, 0.1) is 7.11 Å². The van der Waals surface area contributed by atoms with Gasteiger partial charge in [-0.15, -0.1) is 0 Å². The average Bonchev–Trinajstić information content (AvgIpc) is 2.46. The van der Waals surface area contributed by atoms with E-state index in [0.29, 0.717) is 17.5 Å².